The smallest absolute Gasteiger partial charge is 0.304 e. The second kappa shape index (κ2) is 6.47. The second-order valence-electron chi connectivity index (χ2n) is 6.76. The largest absolute Gasteiger partial charge is 0.407 e. The fraction of sp³-hybridized carbons (Fsp3) is 0.353. The molecule has 138 valence electrons. The Morgan fingerprint density at radius 3 is 2.93 bits per heavy atom. The standard InChI is InChI=1S/C17H19N9O/c18-10-2-1-3-11(6-10)26-14-7-12(16-20-9-22-25-16)19-8-13(14)23-17(26)27-15-4-5-21-24-15/h4-5,7-11H,1-3,6,18H2,(H,21,24)(H,20,22,25)/t10-,11+/m0/s1. The van der Waals surface area contributed by atoms with Crippen molar-refractivity contribution in [1.29, 1.82) is 0 Å². The summed E-state index contributed by atoms with van der Waals surface area (Å²) in [5.41, 5.74) is 8.64. The van der Waals surface area contributed by atoms with Gasteiger partial charge in [-0.05, 0) is 31.7 Å². The van der Waals surface area contributed by atoms with Crippen molar-refractivity contribution < 1.29 is 4.74 Å². The van der Waals surface area contributed by atoms with E-state index in [9.17, 15) is 0 Å². The summed E-state index contributed by atoms with van der Waals surface area (Å²) in [5, 5.41) is 13.5. The summed E-state index contributed by atoms with van der Waals surface area (Å²) < 4.78 is 8.10. The lowest BCUT2D eigenvalue weighted by Crippen LogP contribution is -2.29. The van der Waals surface area contributed by atoms with Gasteiger partial charge in [0.15, 0.2) is 5.82 Å². The fourth-order valence-corrected chi connectivity index (χ4v) is 3.69. The summed E-state index contributed by atoms with van der Waals surface area (Å²) in [5.74, 6) is 1.15. The van der Waals surface area contributed by atoms with E-state index in [-0.39, 0.29) is 12.1 Å². The molecular weight excluding hydrogens is 346 g/mol. The molecule has 0 unspecified atom stereocenters. The molecule has 0 bridgehead atoms. The zero-order valence-electron chi connectivity index (χ0n) is 14.5. The average molecular weight is 365 g/mol. The highest BCUT2D eigenvalue weighted by molar-refractivity contribution is 5.79. The number of nitrogens with one attached hydrogen (secondary N) is 2. The number of H-pyrrole nitrogens is 2. The van der Waals surface area contributed by atoms with Crippen molar-refractivity contribution in [3.8, 4) is 23.4 Å². The highest BCUT2D eigenvalue weighted by Crippen LogP contribution is 2.36. The predicted octanol–water partition coefficient (Wildman–Crippen LogP) is 2.17. The molecule has 2 atom stereocenters. The van der Waals surface area contributed by atoms with E-state index in [1.54, 1.807) is 18.5 Å². The molecule has 0 radical (unpaired) electrons. The lowest BCUT2D eigenvalue weighted by Gasteiger charge is -2.28. The molecule has 1 aliphatic rings. The van der Waals surface area contributed by atoms with E-state index >= 15 is 0 Å². The predicted molar refractivity (Wildman–Crippen MR) is 97.0 cm³/mol. The normalized spacial score (nSPS) is 20.2. The number of pyridine rings is 1. The third kappa shape index (κ3) is 2.93. The van der Waals surface area contributed by atoms with Gasteiger partial charge in [-0.25, -0.2) is 10.1 Å². The number of ether oxygens (including phenoxy) is 1. The van der Waals surface area contributed by atoms with Gasteiger partial charge in [0.1, 0.15) is 17.5 Å². The lowest BCUT2D eigenvalue weighted by atomic mass is 9.91. The first-order valence-electron chi connectivity index (χ1n) is 8.94. The molecule has 1 saturated carbocycles. The van der Waals surface area contributed by atoms with Gasteiger partial charge in [-0.3, -0.25) is 14.6 Å². The minimum absolute atomic E-state index is 0.178. The first-order valence-corrected chi connectivity index (χ1v) is 8.94. The molecule has 4 N–H and O–H groups in total. The molecule has 4 aromatic rings. The number of fused-ring (bicyclic) bond motifs is 1. The Labute approximate surface area is 154 Å². The van der Waals surface area contributed by atoms with Crippen LogP contribution in [-0.4, -0.2) is 46.0 Å². The molecule has 0 aliphatic heterocycles. The Balaban J connectivity index is 1.64. The Morgan fingerprint density at radius 2 is 2.15 bits per heavy atom. The first-order chi connectivity index (χ1) is 13.3. The van der Waals surface area contributed by atoms with E-state index in [0.717, 1.165) is 36.7 Å². The van der Waals surface area contributed by atoms with E-state index in [2.05, 4.69) is 39.9 Å². The third-order valence-corrected chi connectivity index (χ3v) is 4.93. The molecule has 4 aromatic heterocycles. The van der Waals surface area contributed by atoms with Crippen molar-refractivity contribution in [2.75, 3.05) is 0 Å². The van der Waals surface area contributed by atoms with Crippen LogP contribution in [0.25, 0.3) is 22.6 Å². The topological polar surface area (TPSA) is 136 Å². The summed E-state index contributed by atoms with van der Waals surface area (Å²) >= 11 is 0. The molecule has 1 aliphatic carbocycles. The zero-order valence-corrected chi connectivity index (χ0v) is 14.5. The highest BCUT2D eigenvalue weighted by atomic mass is 16.5. The van der Waals surface area contributed by atoms with E-state index in [1.807, 2.05) is 6.07 Å². The van der Waals surface area contributed by atoms with Crippen LogP contribution < -0.4 is 10.5 Å². The maximum atomic E-state index is 6.24. The van der Waals surface area contributed by atoms with Crippen LogP contribution in [0.5, 0.6) is 11.9 Å². The number of aromatic nitrogens is 8. The molecule has 1 fully saturated rings. The van der Waals surface area contributed by atoms with Crippen LogP contribution in [0.3, 0.4) is 0 Å². The minimum Gasteiger partial charge on any atom is -0.407 e. The summed E-state index contributed by atoms with van der Waals surface area (Å²) in [4.78, 5) is 13.3. The number of nitrogens with zero attached hydrogens (tertiary/aromatic N) is 6. The molecule has 10 nitrogen and oxygen atoms in total. The molecule has 0 aromatic carbocycles. The summed E-state index contributed by atoms with van der Waals surface area (Å²) in [6.07, 6.45) is 8.86. The third-order valence-electron chi connectivity index (χ3n) is 4.93. The fourth-order valence-electron chi connectivity index (χ4n) is 3.69. The number of aromatic amines is 2. The monoisotopic (exact) mass is 365 g/mol. The minimum atomic E-state index is 0.178. The van der Waals surface area contributed by atoms with Crippen LogP contribution in [0.2, 0.25) is 0 Å². The van der Waals surface area contributed by atoms with Crippen LogP contribution in [-0.2, 0) is 0 Å². The molecule has 4 heterocycles. The van der Waals surface area contributed by atoms with Gasteiger partial charge in [0.2, 0.25) is 5.88 Å². The summed E-state index contributed by atoms with van der Waals surface area (Å²) in [7, 11) is 0. The molecule has 0 spiro atoms. The van der Waals surface area contributed by atoms with Crippen LogP contribution in [0, 0.1) is 0 Å². The molecule has 10 heteroatoms. The first kappa shape index (κ1) is 15.9. The van der Waals surface area contributed by atoms with Crippen molar-refractivity contribution in [3.63, 3.8) is 0 Å². The van der Waals surface area contributed by atoms with Crippen molar-refractivity contribution >= 4 is 11.0 Å². The van der Waals surface area contributed by atoms with E-state index in [0.29, 0.717) is 23.4 Å². The van der Waals surface area contributed by atoms with Crippen molar-refractivity contribution in [2.45, 2.75) is 37.8 Å². The van der Waals surface area contributed by atoms with Gasteiger partial charge >= 0.3 is 6.01 Å². The lowest BCUT2D eigenvalue weighted by molar-refractivity contribution is 0.294. The second-order valence-corrected chi connectivity index (χ2v) is 6.76. The van der Waals surface area contributed by atoms with Gasteiger partial charge in [-0.15, -0.1) is 0 Å². The maximum absolute atomic E-state index is 6.24. The molecule has 0 amide bonds. The SMILES string of the molecule is N[C@H]1CCC[C@@H](n2c(Oc3ccn[nH]3)nc3cnc(-c4ncn[nH]4)cc32)C1. The van der Waals surface area contributed by atoms with Crippen molar-refractivity contribution in [2.24, 2.45) is 5.73 Å². The molecular formula is C17H19N9O. The Bertz CT molecular complexity index is 1040. The maximum Gasteiger partial charge on any atom is 0.304 e. The summed E-state index contributed by atoms with van der Waals surface area (Å²) in [6.45, 7) is 0. The van der Waals surface area contributed by atoms with Gasteiger partial charge in [-0.1, -0.05) is 0 Å². The van der Waals surface area contributed by atoms with Crippen LogP contribution >= 0.6 is 0 Å². The Kier molecular flexibility index (Phi) is 3.82. The highest BCUT2D eigenvalue weighted by Gasteiger charge is 2.26. The van der Waals surface area contributed by atoms with Gasteiger partial charge < -0.3 is 10.5 Å². The van der Waals surface area contributed by atoms with Crippen LogP contribution in [0.1, 0.15) is 31.7 Å². The zero-order chi connectivity index (χ0) is 18.2. The van der Waals surface area contributed by atoms with Crippen LogP contribution in [0.4, 0.5) is 0 Å². The summed E-state index contributed by atoms with van der Waals surface area (Å²) in [6, 6.07) is 4.61. The van der Waals surface area contributed by atoms with Crippen molar-refractivity contribution in [3.05, 3.63) is 30.9 Å². The number of rotatable bonds is 4. The van der Waals surface area contributed by atoms with Gasteiger partial charge in [0, 0.05) is 18.2 Å². The Morgan fingerprint density at radius 1 is 1.19 bits per heavy atom. The van der Waals surface area contributed by atoms with Gasteiger partial charge in [-0.2, -0.15) is 15.2 Å². The van der Waals surface area contributed by atoms with Gasteiger partial charge in [0.05, 0.1) is 17.9 Å². The Hall–Kier alpha value is -3.27. The average Bonchev–Trinajstić information content (AvgIpc) is 3.42. The molecule has 0 saturated heterocycles. The molecule has 5 rings (SSSR count). The van der Waals surface area contributed by atoms with E-state index in [4.69, 9.17) is 10.5 Å². The quantitative estimate of drug-likeness (QED) is 0.504. The van der Waals surface area contributed by atoms with Crippen molar-refractivity contribution in [1.82, 2.24) is 39.9 Å². The number of nitrogens with two attached hydrogens (primary N) is 1. The molecule has 27 heavy (non-hydrogen) atoms. The van der Waals surface area contributed by atoms with Crippen LogP contribution in [0.15, 0.2) is 30.9 Å². The number of imidazole rings is 1. The van der Waals surface area contributed by atoms with E-state index in [1.165, 1.54) is 6.33 Å². The van der Waals surface area contributed by atoms with E-state index < -0.39 is 0 Å². The number of hydrogen-bond acceptors (Lipinski definition) is 7. The number of hydrogen-bond donors (Lipinski definition) is 3. The van der Waals surface area contributed by atoms with Gasteiger partial charge in [0.25, 0.3) is 0 Å².